The second-order valence-corrected chi connectivity index (χ2v) is 5.50. The number of hydrogen-bond donors (Lipinski definition) is 1. The summed E-state index contributed by atoms with van der Waals surface area (Å²) in [6.07, 6.45) is 0. The summed E-state index contributed by atoms with van der Waals surface area (Å²) in [4.78, 5) is 24.1. The van der Waals surface area contributed by atoms with E-state index in [-0.39, 0.29) is 23.7 Å². The average Bonchev–Trinajstić information content (AvgIpc) is 3.16. The number of esters is 1. The standard InChI is InChI=1S/C20H16FNO5/c1-25-20(24)16-4-2-3-5-17(16)22-19(23)18-11-10-15(27-18)12-26-14-8-6-13(21)7-9-14/h2-11H,12H2,1H3,(H,22,23). The molecule has 0 aliphatic rings. The number of anilines is 1. The van der Waals surface area contributed by atoms with Gasteiger partial charge >= 0.3 is 5.97 Å². The van der Waals surface area contributed by atoms with Gasteiger partial charge in [0.2, 0.25) is 0 Å². The molecule has 0 atom stereocenters. The second kappa shape index (κ2) is 8.18. The number of methoxy groups -OCH3 is 1. The normalized spacial score (nSPS) is 10.3. The Labute approximate surface area is 154 Å². The van der Waals surface area contributed by atoms with Crippen molar-refractivity contribution in [2.75, 3.05) is 12.4 Å². The van der Waals surface area contributed by atoms with Crippen molar-refractivity contribution in [1.29, 1.82) is 0 Å². The van der Waals surface area contributed by atoms with E-state index in [0.717, 1.165) is 0 Å². The zero-order valence-electron chi connectivity index (χ0n) is 14.4. The fraction of sp³-hybridized carbons (Fsp3) is 0.100. The Bertz CT molecular complexity index is 949. The first kappa shape index (κ1) is 18.2. The topological polar surface area (TPSA) is 77.8 Å². The molecule has 27 heavy (non-hydrogen) atoms. The zero-order chi connectivity index (χ0) is 19.2. The zero-order valence-corrected chi connectivity index (χ0v) is 14.4. The van der Waals surface area contributed by atoms with E-state index < -0.39 is 11.9 Å². The monoisotopic (exact) mass is 369 g/mol. The molecule has 0 fully saturated rings. The number of carbonyl (C=O) groups excluding carboxylic acids is 2. The smallest absolute Gasteiger partial charge is 0.339 e. The molecule has 1 N–H and O–H groups in total. The molecule has 0 unspecified atom stereocenters. The first-order valence-corrected chi connectivity index (χ1v) is 8.02. The molecule has 1 heterocycles. The minimum Gasteiger partial charge on any atom is -0.486 e. The van der Waals surface area contributed by atoms with Crippen molar-refractivity contribution in [3.63, 3.8) is 0 Å². The summed E-state index contributed by atoms with van der Waals surface area (Å²) in [5.74, 6) is -0.464. The third kappa shape index (κ3) is 4.52. The summed E-state index contributed by atoms with van der Waals surface area (Å²) in [5.41, 5.74) is 0.551. The quantitative estimate of drug-likeness (QED) is 0.664. The number of rotatable bonds is 6. The van der Waals surface area contributed by atoms with Gasteiger partial charge in [-0.3, -0.25) is 4.79 Å². The van der Waals surface area contributed by atoms with E-state index in [2.05, 4.69) is 5.32 Å². The molecule has 6 nitrogen and oxygen atoms in total. The third-order valence-corrected chi connectivity index (χ3v) is 3.66. The fourth-order valence-electron chi connectivity index (χ4n) is 2.33. The van der Waals surface area contributed by atoms with Gasteiger partial charge in [-0.1, -0.05) is 12.1 Å². The summed E-state index contributed by atoms with van der Waals surface area (Å²) in [5, 5.41) is 2.62. The Hall–Kier alpha value is -3.61. The van der Waals surface area contributed by atoms with Gasteiger partial charge in [0.15, 0.2) is 5.76 Å². The molecular weight excluding hydrogens is 353 g/mol. The van der Waals surface area contributed by atoms with E-state index in [0.29, 0.717) is 17.2 Å². The van der Waals surface area contributed by atoms with Gasteiger partial charge in [0.1, 0.15) is 23.9 Å². The number of halogens is 1. The van der Waals surface area contributed by atoms with E-state index >= 15 is 0 Å². The van der Waals surface area contributed by atoms with Crippen LogP contribution in [-0.4, -0.2) is 19.0 Å². The van der Waals surface area contributed by atoms with Crippen molar-refractivity contribution in [3.05, 3.63) is 83.6 Å². The second-order valence-electron chi connectivity index (χ2n) is 5.50. The Morgan fingerprint density at radius 2 is 1.78 bits per heavy atom. The molecule has 2 aromatic carbocycles. The average molecular weight is 369 g/mol. The Kier molecular flexibility index (Phi) is 5.51. The van der Waals surface area contributed by atoms with Gasteiger partial charge in [0.25, 0.3) is 5.91 Å². The highest BCUT2D eigenvalue weighted by Gasteiger charge is 2.16. The molecule has 0 aliphatic heterocycles. The number of furan rings is 1. The number of benzene rings is 2. The molecule has 0 bridgehead atoms. The van der Waals surface area contributed by atoms with Crippen LogP contribution in [0.2, 0.25) is 0 Å². The molecule has 1 amide bonds. The third-order valence-electron chi connectivity index (χ3n) is 3.66. The van der Waals surface area contributed by atoms with Gasteiger partial charge < -0.3 is 19.2 Å². The van der Waals surface area contributed by atoms with Crippen LogP contribution in [0.1, 0.15) is 26.7 Å². The van der Waals surface area contributed by atoms with Crippen molar-refractivity contribution in [3.8, 4) is 5.75 Å². The summed E-state index contributed by atoms with van der Waals surface area (Å²) < 4.78 is 28.5. The lowest BCUT2D eigenvalue weighted by Crippen LogP contribution is -2.14. The van der Waals surface area contributed by atoms with E-state index in [1.165, 1.54) is 37.4 Å². The van der Waals surface area contributed by atoms with Crippen molar-refractivity contribution in [2.24, 2.45) is 0 Å². The predicted octanol–water partition coefficient (Wildman–Crippen LogP) is 4.04. The maximum atomic E-state index is 12.9. The van der Waals surface area contributed by atoms with Crippen LogP contribution < -0.4 is 10.1 Å². The van der Waals surface area contributed by atoms with Crippen LogP contribution in [0.15, 0.2) is 65.1 Å². The number of amides is 1. The van der Waals surface area contributed by atoms with Crippen molar-refractivity contribution in [1.82, 2.24) is 0 Å². The van der Waals surface area contributed by atoms with Gasteiger partial charge in [-0.2, -0.15) is 0 Å². The molecule has 0 radical (unpaired) electrons. The Balaban J connectivity index is 1.65. The minimum absolute atomic E-state index is 0.0624. The molecule has 0 spiro atoms. The lowest BCUT2D eigenvalue weighted by molar-refractivity contribution is 0.0602. The van der Waals surface area contributed by atoms with Gasteiger partial charge in [-0.15, -0.1) is 0 Å². The van der Waals surface area contributed by atoms with Crippen molar-refractivity contribution < 1.29 is 27.9 Å². The molecule has 0 saturated carbocycles. The summed E-state index contributed by atoms with van der Waals surface area (Å²) in [6.45, 7) is 0.0810. The molecule has 138 valence electrons. The minimum atomic E-state index is -0.557. The SMILES string of the molecule is COC(=O)c1ccccc1NC(=O)c1ccc(COc2ccc(F)cc2)o1. The first-order chi connectivity index (χ1) is 13.1. The van der Waals surface area contributed by atoms with Gasteiger partial charge in [0.05, 0.1) is 18.4 Å². The number of ether oxygens (including phenoxy) is 2. The van der Waals surface area contributed by atoms with Gasteiger partial charge in [-0.05, 0) is 48.5 Å². The number of para-hydroxylation sites is 1. The van der Waals surface area contributed by atoms with Crippen LogP contribution in [0.25, 0.3) is 0 Å². The highest BCUT2D eigenvalue weighted by molar-refractivity contribution is 6.06. The highest BCUT2D eigenvalue weighted by atomic mass is 19.1. The van der Waals surface area contributed by atoms with Crippen LogP contribution >= 0.6 is 0 Å². The number of nitrogens with one attached hydrogen (secondary N) is 1. The molecule has 3 aromatic rings. The molecular formula is C20H16FNO5. The summed E-state index contributed by atoms with van der Waals surface area (Å²) in [7, 11) is 1.26. The van der Waals surface area contributed by atoms with Crippen LogP contribution in [0.3, 0.4) is 0 Å². The Morgan fingerprint density at radius 1 is 1.04 bits per heavy atom. The van der Waals surface area contributed by atoms with Crippen molar-refractivity contribution in [2.45, 2.75) is 6.61 Å². The molecule has 3 rings (SSSR count). The largest absolute Gasteiger partial charge is 0.486 e. The van der Waals surface area contributed by atoms with Crippen LogP contribution in [0.4, 0.5) is 10.1 Å². The van der Waals surface area contributed by atoms with E-state index in [9.17, 15) is 14.0 Å². The molecule has 0 saturated heterocycles. The van der Waals surface area contributed by atoms with E-state index in [1.54, 1.807) is 30.3 Å². The Morgan fingerprint density at radius 3 is 2.52 bits per heavy atom. The maximum Gasteiger partial charge on any atom is 0.339 e. The van der Waals surface area contributed by atoms with Crippen LogP contribution in [0, 0.1) is 5.82 Å². The maximum absolute atomic E-state index is 12.9. The molecule has 0 aliphatic carbocycles. The highest BCUT2D eigenvalue weighted by Crippen LogP contribution is 2.19. The lowest BCUT2D eigenvalue weighted by Gasteiger charge is -2.08. The van der Waals surface area contributed by atoms with Gasteiger partial charge in [0, 0.05) is 0 Å². The predicted molar refractivity (Wildman–Crippen MR) is 95.2 cm³/mol. The van der Waals surface area contributed by atoms with E-state index in [1.807, 2.05) is 0 Å². The number of hydrogen-bond acceptors (Lipinski definition) is 5. The first-order valence-electron chi connectivity index (χ1n) is 8.02. The van der Waals surface area contributed by atoms with Crippen molar-refractivity contribution >= 4 is 17.6 Å². The van der Waals surface area contributed by atoms with Crippen LogP contribution in [0.5, 0.6) is 5.75 Å². The lowest BCUT2D eigenvalue weighted by atomic mass is 10.2. The summed E-state index contributed by atoms with van der Waals surface area (Å²) >= 11 is 0. The summed E-state index contributed by atoms with van der Waals surface area (Å²) in [6, 6.07) is 15.2. The van der Waals surface area contributed by atoms with Crippen LogP contribution in [-0.2, 0) is 11.3 Å². The molecule has 1 aromatic heterocycles. The number of carbonyl (C=O) groups is 2. The fourth-order valence-corrected chi connectivity index (χ4v) is 2.33. The molecule has 7 heteroatoms. The van der Waals surface area contributed by atoms with E-state index in [4.69, 9.17) is 13.9 Å². The van der Waals surface area contributed by atoms with Gasteiger partial charge in [-0.25, -0.2) is 9.18 Å².